The van der Waals surface area contributed by atoms with Crippen molar-refractivity contribution in [2.45, 2.75) is 51.2 Å². The number of H-pyrrole nitrogens is 1. The van der Waals surface area contributed by atoms with Crippen molar-refractivity contribution >= 4 is 34.8 Å². The molecule has 10 nitrogen and oxygen atoms in total. The van der Waals surface area contributed by atoms with E-state index in [1.807, 2.05) is 54.6 Å². The van der Waals surface area contributed by atoms with Crippen LogP contribution in [0, 0.1) is 0 Å². The Morgan fingerprint density at radius 2 is 1.61 bits per heavy atom. The number of carbonyl (C=O) groups excluding carboxylic acids is 3. The highest BCUT2D eigenvalue weighted by Crippen LogP contribution is 2.18. The number of benzene rings is 2. The summed E-state index contributed by atoms with van der Waals surface area (Å²) in [5.41, 5.74) is 2.13. The molecule has 1 aromatic heterocycles. The van der Waals surface area contributed by atoms with E-state index < -0.39 is 18.1 Å². The third-order valence-electron chi connectivity index (χ3n) is 5.97. The van der Waals surface area contributed by atoms with Crippen LogP contribution in [0.15, 0.2) is 60.8 Å². The number of hydrogen-bond donors (Lipinski definition) is 5. The number of para-hydroxylation sites is 1. The molecule has 10 heteroatoms. The third kappa shape index (κ3) is 9.27. The summed E-state index contributed by atoms with van der Waals surface area (Å²) in [6, 6.07) is 15.9. The molecule has 0 aliphatic heterocycles. The van der Waals surface area contributed by atoms with Crippen molar-refractivity contribution in [2.75, 3.05) is 13.1 Å². The SMILES string of the molecule is O=C(O)CCCCCNC(=O)[C@H](CCCNC(=O)OCc1ccccc1)NC(=O)c1c[nH]c2ccccc12. The van der Waals surface area contributed by atoms with Crippen LogP contribution in [0.1, 0.15) is 54.4 Å². The zero-order valence-corrected chi connectivity index (χ0v) is 21.2. The van der Waals surface area contributed by atoms with Gasteiger partial charge in [-0.3, -0.25) is 14.4 Å². The van der Waals surface area contributed by atoms with Crippen LogP contribution in [0.25, 0.3) is 10.9 Å². The summed E-state index contributed by atoms with van der Waals surface area (Å²) in [6.07, 6.45) is 3.74. The molecule has 3 aromatic rings. The van der Waals surface area contributed by atoms with E-state index in [0.29, 0.717) is 44.2 Å². The van der Waals surface area contributed by atoms with Crippen molar-refractivity contribution in [3.05, 3.63) is 71.9 Å². The second-order valence-electron chi connectivity index (χ2n) is 8.90. The summed E-state index contributed by atoms with van der Waals surface area (Å²) in [7, 11) is 0. The minimum atomic E-state index is -0.841. The van der Waals surface area contributed by atoms with Gasteiger partial charge in [-0.2, -0.15) is 0 Å². The van der Waals surface area contributed by atoms with Crippen molar-refractivity contribution in [3.63, 3.8) is 0 Å². The third-order valence-corrected chi connectivity index (χ3v) is 5.97. The number of aromatic nitrogens is 1. The van der Waals surface area contributed by atoms with Gasteiger partial charge in [0.25, 0.3) is 5.91 Å². The Balaban J connectivity index is 1.50. The number of aromatic amines is 1. The largest absolute Gasteiger partial charge is 0.481 e. The Bertz CT molecular complexity index is 1210. The second-order valence-corrected chi connectivity index (χ2v) is 8.90. The number of nitrogens with one attached hydrogen (secondary N) is 4. The smallest absolute Gasteiger partial charge is 0.407 e. The highest BCUT2D eigenvalue weighted by molar-refractivity contribution is 6.07. The molecule has 202 valence electrons. The second kappa shape index (κ2) is 15.0. The van der Waals surface area contributed by atoms with Crippen LogP contribution in [-0.4, -0.2) is 53.1 Å². The first-order valence-corrected chi connectivity index (χ1v) is 12.7. The minimum Gasteiger partial charge on any atom is -0.481 e. The fourth-order valence-electron chi connectivity index (χ4n) is 3.95. The number of ether oxygens (including phenoxy) is 1. The normalized spacial score (nSPS) is 11.5. The van der Waals surface area contributed by atoms with E-state index in [9.17, 15) is 19.2 Å². The number of unbranched alkanes of at least 4 members (excludes halogenated alkanes) is 2. The van der Waals surface area contributed by atoms with Crippen LogP contribution in [0.3, 0.4) is 0 Å². The summed E-state index contributed by atoms with van der Waals surface area (Å²) in [6.45, 7) is 0.808. The molecule has 5 N–H and O–H groups in total. The molecule has 0 spiro atoms. The van der Waals surface area contributed by atoms with Crippen LogP contribution in [0.4, 0.5) is 4.79 Å². The highest BCUT2D eigenvalue weighted by atomic mass is 16.5. The number of rotatable bonds is 15. The predicted octanol–water partition coefficient (Wildman–Crippen LogP) is 3.73. The predicted molar refractivity (Wildman–Crippen MR) is 143 cm³/mol. The standard InChI is InChI=1S/C28H34N4O6/c33-25(34)15-5-2-8-16-29-27(36)24(32-26(35)22-18-31-23-13-7-6-12-21(22)23)14-9-17-30-28(37)38-19-20-10-3-1-4-11-20/h1,3-4,6-7,10-13,18,24,31H,2,5,8-9,14-17,19H2,(H,29,36)(H,30,37)(H,32,35)(H,33,34)/t24-/m0/s1. The Labute approximate surface area is 221 Å². The first-order chi connectivity index (χ1) is 18.4. The van der Waals surface area contributed by atoms with Gasteiger partial charge in [0.15, 0.2) is 0 Å². The molecule has 0 saturated heterocycles. The molecule has 0 fully saturated rings. The quantitative estimate of drug-likeness (QED) is 0.192. The molecule has 3 amide bonds. The molecule has 1 heterocycles. The maximum Gasteiger partial charge on any atom is 0.407 e. The molecule has 0 aliphatic carbocycles. The number of carbonyl (C=O) groups is 4. The lowest BCUT2D eigenvalue weighted by molar-refractivity contribution is -0.137. The van der Waals surface area contributed by atoms with E-state index in [1.54, 1.807) is 6.20 Å². The lowest BCUT2D eigenvalue weighted by Gasteiger charge is -2.18. The Kier molecular flexibility index (Phi) is 11.2. The number of amides is 3. The zero-order valence-electron chi connectivity index (χ0n) is 21.2. The van der Waals surface area contributed by atoms with Crippen LogP contribution < -0.4 is 16.0 Å². The number of fused-ring (bicyclic) bond motifs is 1. The van der Waals surface area contributed by atoms with E-state index in [-0.39, 0.29) is 31.4 Å². The monoisotopic (exact) mass is 522 g/mol. The molecule has 0 saturated carbocycles. The molecule has 0 unspecified atom stereocenters. The topological polar surface area (TPSA) is 150 Å². The van der Waals surface area contributed by atoms with Crippen molar-refractivity contribution in [1.29, 1.82) is 0 Å². The molecule has 0 aliphatic rings. The number of aliphatic carboxylic acids is 1. The number of alkyl carbamates (subject to hydrolysis) is 1. The van der Waals surface area contributed by atoms with Crippen LogP contribution in [0.5, 0.6) is 0 Å². The fraction of sp³-hybridized carbons (Fsp3) is 0.357. The summed E-state index contributed by atoms with van der Waals surface area (Å²) in [5.74, 6) is -1.55. The molecule has 0 radical (unpaired) electrons. The van der Waals surface area contributed by atoms with E-state index in [0.717, 1.165) is 16.5 Å². The van der Waals surface area contributed by atoms with Gasteiger partial charge in [0.2, 0.25) is 5.91 Å². The first-order valence-electron chi connectivity index (χ1n) is 12.7. The molecule has 1 atom stereocenters. The van der Waals surface area contributed by atoms with E-state index >= 15 is 0 Å². The highest BCUT2D eigenvalue weighted by Gasteiger charge is 2.22. The van der Waals surface area contributed by atoms with Gasteiger partial charge in [0.05, 0.1) is 5.56 Å². The number of carboxylic acid groups (broad SMARTS) is 1. The van der Waals surface area contributed by atoms with Crippen molar-refractivity contribution in [3.8, 4) is 0 Å². The lowest BCUT2D eigenvalue weighted by atomic mass is 10.1. The molecular formula is C28H34N4O6. The van der Waals surface area contributed by atoms with E-state index in [2.05, 4.69) is 20.9 Å². The molecule has 3 rings (SSSR count). The van der Waals surface area contributed by atoms with E-state index in [1.165, 1.54) is 0 Å². The van der Waals surface area contributed by atoms with Gasteiger partial charge >= 0.3 is 12.1 Å². The fourth-order valence-corrected chi connectivity index (χ4v) is 3.95. The minimum absolute atomic E-state index is 0.0953. The van der Waals surface area contributed by atoms with Crippen LogP contribution in [-0.2, 0) is 20.9 Å². The van der Waals surface area contributed by atoms with Crippen LogP contribution in [0.2, 0.25) is 0 Å². The maximum atomic E-state index is 13.0. The Morgan fingerprint density at radius 1 is 0.868 bits per heavy atom. The Morgan fingerprint density at radius 3 is 2.39 bits per heavy atom. The Hall–Kier alpha value is -4.34. The van der Waals surface area contributed by atoms with Crippen LogP contribution >= 0.6 is 0 Å². The summed E-state index contributed by atoms with van der Waals surface area (Å²) in [5, 5.41) is 17.8. The van der Waals surface area contributed by atoms with Crippen molar-refractivity contribution in [2.24, 2.45) is 0 Å². The molecule has 38 heavy (non-hydrogen) atoms. The molecular weight excluding hydrogens is 488 g/mol. The van der Waals surface area contributed by atoms with Crippen molar-refractivity contribution < 1.29 is 29.0 Å². The summed E-state index contributed by atoms with van der Waals surface area (Å²) >= 11 is 0. The molecule has 2 aromatic carbocycles. The number of hydrogen-bond acceptors (Lipinski definition) is 5. The average molecular weight is 523 g/mol. The van der Waals surface area contributed by atoms with Gasteiger partial charge in [0.1, 0.15) is 12.6 Å². The number of carboxylic acids is 1. The summed E-state index contributed by atoms with van der Waals surface area (Å²) < 4.78 is 5.20. The zero-order chi connectivity index (χ0) is 27.2. The van der Waals surface area contributed by atoms with Gasteiger partial charge < -0.3 is 30.8 Å². The van der Waals surface area contributed by atoms with Gasteiger partial charge in [-0.25, -0.2) is 4.79 Å². The lowest BCUT2D eigenvalue weighted by Crippen LogP contribution is -2.47. The first kappa shape index (κ1) is 28.2. The van der Waals surface area contributed by atoms with Crippen molar-refractivity contribution in [1.82, 2.24) is 20.9 Å². The van der Waals surface area contributed by atoms with Gasteiger partial charge in [-0.15, -0.1) is 0 Å². The molecule has 0 bridgehead atoms. The summed E-state index contributed by atoms with van der Waals surface area (Å²) in [4.78, 5) is 51.6. The van der Waals surface area contributed by atoms with Gasteiger partial charge in [-0.05, 0) is 37.3 Å². The maximum absolute atomic E-state index is 13.0. The van der Waals surface area contributed by atoms with Gasteiger partial charge in [-0.1, -0.05) is 55.0 Å². The van der Waals surface area contributed by atoms with Gasteiger partial charge in [0, 0.05) is 36.6 Å². The van der Waals surface area contributed by atoms with E-state index in [4.69, 9.17) is 9.84 Å². The average Bonchev–Trinajstić information content (AvgIpc) is 3.36.